The van der Waals surface area contributed by atoms with Gasteiger partial charge in [0.2, 0.25) is 0 Å². The third-order valence-electron chi connectivity index (χ3n) is 3.51. The van der Waals surface area contributed by atoms with E-state index in [2.05, 4.69) is 0 Å². The second-order valence-electron chi connectivity index (χ2n) is 6.29. The predicted octanol–water partition coefficient (Wildman–Crippen LogP) is -3.14. The van der Waals surface area contributed by atoms with E-state index in [1.54, 1.807) is 0 Å². The van der Waals surface area contributed by atoms with Crippen molar-refractivity contribution >= 4 is 47.8 Å². The minimum Gasteiger partial charge on any atom is -0.481 e. The van der Waals surface area contributed by atoms with E-state index in [9.17, 15) is 38.4 Å². The minimum atomic E-state index is -1.66. The molecule has 0 radical (unpaired) electrons. The Balaban J connectivity index is 0. The predicted molar refractivity (Wildman–Crippen MR) is 101 cm³/mol. The maximum absolute atomic E-state index is 10.6. The Morgan fingerprint density at radius 3 is 0.618 bits per heavy atom. The van der Waals surface area contributed by atoms with Gasteiger partial charge in [-0.3, -0.25) is 49.0 Å². The summed E-state index contributed by atoms with van der Waals surface area (Å²) in [5, 5.41) is 72.0. The minimum absolute atomic E-state index is 0.848. The highest BCUT2D eigenvalue weighted by Crippen LogP contribution is 2.01. The van der Waals surface area contributed by atoms with Crippen molar-refractivity contribution in [1.82, 2.24) is 10.6 Å². The van der Waals surface area contributed by atoms with Crippen LogP contribution in [0, 0.1) is 0 Å². The summed E-state index contributed by atoms with van der Waals surface area (Å²) < 4.78 is 0. The Morgan fingerprint density at radius 1 is 0.382 bits per heavy atom. The van der Waals surface area contributed by atoms with Crippen LogP contribution in [0.2, 0.25) is 0 Å². The topological polar surface area (TPSA) is 322 Å². The molecule has 192 valence electrons. The van der Waals surface area contributed by atoms with Crippen LogP contribution in [-0.4, -0.2) is 113 Å². The molecule has 0 amide bonds. The van der Waals surface area contributed by atoms with Crippen LogP contribution in [0.15, 0.2) is 0 Å². The smallest absolute Gasteiger partial charge is 0.321 e. The Labute approximate surface area is 188 Å². The van der Waals surface area contributed by atoms with E-state index in [1.165, 1.54) is 0 Å². The van der Waals surface area contributed by atoms with Gasteiger partial charge in [0.1, 0.15) is 24.2 Å². The number of nitrogens with one attached hydrogen (secondary N) is 2. The largest absolute Gasteiger partial charge is 0.481 e. The fourth-order valence-electron chi connectivity index (χ4n) is 2.05. The van der Waals surface area contributed by atoms with Gasteiger partial charge in [-0.15, -0.1) is 0 Å². The van der Waals surface area contributed by atoms with Crippen molar-refractivity contribution in [1.29, 1.82) is 0 Å². The van der Waals surface area contributed by atoms with Gasteiger partial charge in [0.15, 0.2) is 0 Å². The van der Waals surface area contributed by atoms with Crippen molar-refractivity contribution in [2.24, 2.45) is 0 Å². The summed E-state index contributed by atoms with van der Waals surface area (Å²) in [6, 6.07) is -6.64. The highest BCUT2D eigenvalue weighted by atomic mass is 16.4. The molecule has 0 saturated carbocycles. The number of hydrogen-bond donors (Lipinski definition) is 10. The summed E-state index contributed by atoms with van der Waals surface area (Å²) in [5.41, 5.74) is 0. The van der Waals surface area contributed by atoms with Crippen LogP contribution >= 0.6 is 0 Å². The van der Waals surface area contributed by atoms with Crippen molar-refractivity contribution < 1.29 is 79.2 Å². The van der Waals surface area contributed by atoms with E-state index in [1.807, 2.05) is 10.6 Å². The van der Waals surface area contributed by atoms with Crippen LogP contribution in [0.25, 0.3) is 0 Å². The third kappa shape index (κ3) is 15.5. The first kappa shape index (κ1) is 31.9. The molecular weight excluding hydrogens is 476 g/mol. The fraction of sp³-hybridized carbons (Fsp3) is 0.500. The molecule has 0 bridgehead atoms. The molecule has 0 aromatic carbocycles. The van der Waals surface area contributed by atoms with Crippen LogP contribution in [0.4, 0.5) is 0 Å². The molecule has 18 nitrogen and oxygen atoms in total. The maximum atomic E-state index is 10.6. The van der Waals surface area contributed by atoms with Crippen LogP contribution in [0.3, 0.4) is 0 Å². The highest BCUT2D eigenvalue weighted by Gasteiger charge is 2.30. The van der Waals surface area contributed by atoms with Crippen LogP contribution in [0.1, 0.15) is 25.7 Å². The molecule has 4 atom stereocenters. The Morgan fingerprint density at radius 2 is 0.529 bits per heavy atom. The quantitative estimate of drug-likeness (QED) is 0.100. The second-order valence-corrected chi connectivity index (χ2v) is 6.29. The Bertz CT molecular complexity index is 679. The number of carboxylic acids is 8. The summed E-state index contributed by atoms with van der Waals surface area (Å²) in [6.07, 6.45) is -3.39. The van der Waals surface area contributed by atoms with Crippen molar-refractivity contribution in [2.75, 3.05) is 0 Å². The molecule has 0 rings (SSSR count). The molecule has 4 unspecified atom stereocenters. The van der Waals surface area contributed by atoms with Crippen LogP contribution in [0.5, 0.6) is 0 Å². The van der Waals surface area contributed by atoms with Crippen LogP contribution < -0.4 is 10.6 Å². The van der Waals surface area contributed by atoms with Gasteiger partial charge >= 0.3 is 47.8 Å². The molecule has 18 heteroatoms. The Hall–Kier alpha value is -4.32. The molecule has 34 heavy (non-hydrogen) atoms. The summed E-state index contributed by atoms with van der Waals surface area (Å²) >= 11 is 0. The maximum Gasteiger partial charge on any atom is 0.321 e. The van der Waals surface area contributed by atoms with E-state index >= 15 is 0 Å². The summed E-state index contributed by atoms with van der Waals surface area (Å²) in [7, 11) is 0. The summed E-state index contributed by atoms with van der Waals surface area (Å²) in [4.78, 5) is 83.7. The highest BCUT2D eigenvalue weighted by molar-refractivity contribution is 5.85. The summed E-state index contributed by atoms with van der Waals surface area (Å²) in [6.45, 7) is 0. The monoisotopic (exact) mass is 498 g/mol. The van der Waals surface area contributed by atoms with Gasteiger partial charge in [-0.1, -0.05) is 0 Å². The number of carboxylic acid groups (broad SMARTS) is 8. The van der Waals surface area contributed by atoms with E-state index in [-0.39, 0.29) is 0 Å². The molecule has 10 N–H and O–H groups in total. The van der Waals surface area contributed by atoms with Crippen molar-refractivity contribution in [3.8, 4) is 0 Å². The van der Waals surface area contributed by atoms with Gasteiger partial charge < -0.3 is 40.9 Å². The number of aliphatic carboxylic acids is 8. The number of rotatable bonds is 16. The molecule has 0 aliphatic rings. The SMILES string of the molecule is O=C(O)CC(NC(CC(=O)O)C(=O)O)C(=O)O.O=C(O)CC(NC(CC(=O)O)C(=O)O)C(=O)O. The van der Waals surface area contributed by atoms with Crippen molar-refractivity contribution in [3.63, 3.8) is 0 Å². The van der Waals surface area contributed by atoms with Gasteiger partial charge in [-0.25, -0.2) is 0 Å². The van der Waals surface area contributed by atoms with E-state index < -0.39 is 97.6 Å². The molecule has 0 fully saturated rings. The zero-order valence-electron chi connectivity index (χ0n) is 17.0. The lowest BCUT2D eigenvalue weighted by molar-refractivity contribution is -0.150. The standard InChI is InChI=1S/2C8H11NO8/c2*10-5(11)1-3(7(14)15)9-4(8(16)17)2-6(12)13/h2*3-4,9H,1-2H2,(H,10,11)(H,12,13)(H,14,15)(H,16,17). The first-order valence-corrected chi connectivity index (χ1v) is 8.78. The van der Waals surface area contributed by atoms with E-state index in [0.29, 0.717) is 0 Å². The molecule has 0 spiro atoms. The average Bonchev–Trinajstić information content (AvgIpc) is 2.64. The Kier molecular flexibility index (Phi) is 14.5. The fourth-order valence-corrected chi connectivity index (χ4v) is 2.05. The zero-order valence-corrected chi connectivity index (χ0v) is 17.0. The molecule has 0 saturated heterocycles. The molecule has 0 aliphatic carbocycles. The molecule has 0 aromatic rings. The molecule has 0 aliphatic heterocycles. The van der Waals surface area contributed by atoms with Gasteiger partial charge in [-0.05, 0) is 0 Å². The lowest BCUT2D eigenvalue weighted by Gasteiger charge is -2.17. The normalized spacial score (nSPS) is 13.6. The number of hydrogen-bond acceptors (Lipinski definition) is 10. The van der Waals surface area contributed by atoms with Crippen molar-refractivity contribution in [3.05, 3.63) is 0 Å². The van der Waals surface area contributed by atoms with Gasteiger partial charge in [0, 0.05) is 0 Å². The van der Waals surface area contributed by atoms with E-state index in [4.69, 9.17) is 40.9 Å². The first-order valence-electron chi connectivity index (χ1n) is 8.78. The lowest BCUT2D eigenvalue weighted by atomic mass is 10.1. The van der Waals surface area contributed by atoms with Gasteiger partial charge in [0.25, 0.3) is 0 Å². The van der Waals surface area contributed by atoms with E-state index in [0.717, 1.165) is 0 Å². The average molecular weight is 498 g/mol. The number of carbonyl (C=O) groups is 8. The zero-order chi connectivity index (χ0) is 27.2. The van der Waals surface area contributed by atoms with Gasteiger partial charge in [-0.2, -0.15) is 0 Å². The first-order chi connectivity index (χ1) is 15.5. The van der Waals surface area contributed by atoms with Crippen LogP contribution in [-0.2, 0) is 38.4 Å². The molecule has 0 heterocycles. The second kappa shape index (κ2) is 15.5. The summed E-state index contributed by atoms with van der Waals surface area (Å²) in [5.74, 6) is -12.0. The lowest BCUT2D eigenvalue weighted by Crippen LogP contribution is -2.48. The van der Waals surface area contributed by atoms with Crippen molar-refractivity contribution in [2.45, 2.75) is 49.9 Å². The third-order valence-corrected chi connectivity index (χ3v) is 3.51. The molecular formula is C16H22N2O16. The molecule has 0 aromatic heterocycles. The van der Waals surface area contributed by atoms with Gasteiger partial charge in [0.05, 0.1) is 25.7 Å².